The molecule has 1 saturated heterocycles. The molecule has 3 heterocycles. The molecule has 10 nitrogen and oxygen atoms in total. The molecule has 0 N–H and O–H groups in total. The Kier molecular flexibility index (Phi) is 8.05. The van der Waals surface area contributed by atoms with Gasteiger partial charge in [0.15, 0.2) is 23.8 Å². The van der Waals surface area contributed by atoms with Crippen LogP contribution in [0.25, 0.3) is 11.0 Å². The molecule has 0 bridgehead atoms. The molecule has 45 heavy (non-hydrogen) atoms. The average molecular weight is 614 g/mol. The summed E-state index contributed by atoms with van der Waals surface area (Å²) in [6.07, 6.45) is -2.31. The monoisotopic (exact) mass is 613 g/mol. The molecule has 1 fully saturated rings. The van der Waals surface area contributed by atoms with Crippen LogP contribution in [-0.4, -0.2) is 56.9 Å². The van der Waals surface area contributed by atoms with Gasteiger partial charge in [-0.25, -0.2) is 28.7 Å². The minimum absolute atomic E-state index is 0.168. The standard InChI is InChI=1S/C33H25F2N3O7/c1-33(45-31(41)22-15-9-4-10-16-22)27(44-30(40)21-13-7-3-8-14-21)24(18-42-29(39)20-11-5-2-6-12-20)43-32(33)38-19-37-25-26(38)23(34)17-36-28(25)35/h2-17,19,24,27,32H,18H2,1H3/t24-,27-,32-,33-/m1/s1. The molecule has 0 amide bonds. The van der Waals surface area contributed by atoms with Gasteiger partial charge >= 0.3 is 17.9 Å². The van der Waals surface area contributed by atoms with Gasteiger partial charge < -0.3 is 18.9 Å². The van der Waals surface area contributed by atoms with E-state index in [1.165, 1.54) is 31.2 Å². The molecule has 0 saturated carbocycles. The van der Waals surface area contributed by atoms with Crippen LogP contribution in [0, 0.1) is 11.8 Å². The SMILES string of the molecule is C[C@@]1(OC(=O)c2ccccc2)[C@H](OC(=O)c2ccccc2)[C@@H](COC(=O)c2ccccc2)O[C@H]1n1cnc2c(F)ncc(F)c21. The molecule has 12 heteroatoms. The van der Waals surface area contributed by atoms with Crippen LogP contribution in [0.1, 0.15) is 44.2 Å². The number of rotatable bonds is 8. The molecule has 0 radical (unpaired) electrons. The minimum Gasteiger partial charge on any atom is -0.459 e. The maximum absolute atomic E-state index is 15.2. The number of hydrogen-bond acceptors (Lipinski definition) is 9. The number of carbonyl (C=O) groups is 3. The number of imidazole rings is 1. The van der Waals surface area contributed by atoms with E-state index in [1.807, 2.05) is 0 Å². The van der Waals surface area contributed by atoms with Crippen LogP contribution >= 0.6 is 0 Å². The highest BCUT2D eigenvalue weighted by Gasteiger charge is 2.60. The molecule has 1 aliphatic heterocycles. The van der Waals surface area contributed by atoms with E-state index in [0.717, 1.165) is 10.9 Å². The van der Waals surface area contributed by atoms with E-state index in [0.29, 0.717) is 6.20 Å². The lowest BCUT2D eigenvalue weighted by atomic mass is 9.95. The highest BCUT2D eigenvalue weighted by atomic mass is 19.1. The van der Waals surface area contributed by atoms with Crippen molar-refractivity contribution in [2.45, 2.75) is 31.0 Å². The molecule has 5 aromatic rings. The first kappa shape index (κ1) is 29.6. The Morgan fingerprint density at radius 3 is 1.98 bits per heavy atom. The minimum atomic E-state index is -1.90. The summed E-state index contributed by atoms with van der Waals surface area (Å²) in [6.45, 7) is 0.974. The Balaban J connectivity index is 1.43. The summed E-state index contributed by atoms with van der Waals surface area (Å²) in [5.41, 5.74) is -2.02. The zero-order valence-electron chi connectivity index (χ0n) is 23.7. The molecule has 1 aliphatic rings. The van der Waals surface area contributed by atoms with Gasteiger partial charge in [0.2, 0.25) is 5.95 Å². The van der Waals surface area contributed by atoms with Crippen molar-refractivity contribution in [1.82, 2.24) is 14.5 Å². The van der Waals surface area contributed by atoms with Crippen LogP contribution in [0.2, 0.25) is 0 Å². The normalized spacial score (nSPS) is 20.9. The van der Waals surface area contributed by atoms with Crippen molar-refractivity contribution in [3.05, 3.63) is 132 Å². The number of carbonyl (C=O) groups excluding carboxylic acids is 3. The van der Waals surface area contributed by atoms with Gasteiger partial charge in [-0.15, -0.1) is 0 Å². The quantitative estimate of drug-likeness (QED) is 0.130. The van der Waals surface area contributed by atoms with Crippen LogP contribution in [-0.2, 0) is 18.9 Å². The maximum atomic E-state index is 15.2. The Morgan fingerprint density at radius 2 is 1.38 bits per heavy atom. The fourth-order valence-corrected chi connectivity index (χ4v) is 5.22. The average Bonchev–Trinajstić information content (AvgIpc) is 3.63. The Hall–Kier alpha value is -5.49. The number of ether oxygens (including phenoxy) is 4. The number of fused-ring (bicyclic) bond motifs is 1. The van der Waals surface area contributed by atoms with Gasteiger partial charge in [-0.1, -0.05) is 54.6 Å². The van der Waals surface area contributed by atoms with E-state index in [1.54, 1.807) is 66.7 Å². The number of halogens is 2. The highest BCUT2D eigenvalue weighted by Crippen LogP contribution is 2.45. The van der Waals surface area contributed by atoms with Crippen LogP contribution in [0.4, 0.5) is 8.78 Å². The number of pyridine rings is 1. The molecular weight excluding hydrogens is 588 g/mol. The van der Waals surface area contributed by atoms with Gasteiger partial charge in [-0.05, 0) is 43.3 Å². The second kappa shape index (κ2) is 12.2. The molecule has 4 atom stereocenters. The predicted octanol–water partition coefficient (Wildman–Crippen LogP) is 5.31. The van der Waals surface area contributed by atoms with Gasteiger partial charge in [0.25, 0.3) is 0 Å². The van der Waals surface area contributed by atoms with Crippen molar-refractivity contribution in [2.75, 3.05) is 6.61 Å². The first-order valence-electron chi connectivity index (χ1n) is 13.8. The van der Waals surface area contributed by atoms with E-state index in [2.05, 4.69) is 9.97 Å². The largest absolute Gasteiger partial charge is 0.459 e. The fraction of sp³-hybridized carbons (Fsp3) is 0.182. The third kappa shape index (κ3) is 5.75. The Labute approximate surface area is 255 Å². The summed E-state index contributed by atoms with van der Waals surface area (Å²) >= 11 is 0. The first-order valence-corrected chi connectivity index (χ1v) is 13.8. The van der Waals surface area contributed by atoms with Gasteiger partial charge in [-0.3, -0.25) is 4.57 Å². The summed E-state index contributed by atoms with van der Waals surface area (Å²) in [6, 6.07) is 24.3. The van der Waals surface area contributed by atoms with Crippen LogP contribution in [0.15, 0.2) is 104 Å². The van der Waals surface area contributed by atoms with E-state index in [9.17, 15) is 18.8 Å². The summed E-state index contributed by atoms with van der Waals surface area (Å²) < 4.78 is 54.7. The summed E-state index contributed by atoms with van der Waals surface area (Å²) in [5, 5.41) is 0. The van der Waals surface area contributed by atoms with E-state index in [-0.39, 0.29) is 22.2 Å². The smallest absolute Gasteiger partial charge is 0.338 e. The Bertz CT molecular complexity index is 1850. The third-order valence-electron chi connectivity index (χ3n) is 7.41. The van der Waals surface area contributed by atoms with Crippen molar-refractivity contribution in [3.8, 4) is 0 Å². The summed E-state index contributed by atoms with van der Waals surface area (Å²) in [4.78, 5) is 47.1. The molecule has 0 spiro atoms. The second-order valence-electron chi connectivity index (χ2n) is 10.4. The van der Waals surface area contributed by atoms with Crippen molar-refractivity contribution in [1.29, 1.82) is 0 Å². The van der Waals surface area contributed by atoms with Gasteiger partial charge in [0, 0.05) is 0 Å². The van der Waals surface area contributed by atoms with Crippen molar-refractivity contribution in [2.24, 2.45) is 0 Å². The summed E-state index contributed by atoms with van der Waals surface area (Å²) in [5.74, 6) is -4.26. The molecule has 3 aromatic carbocycles. The lowest BCUT2D eigenvalue weighted by Gasteiger charge is -2.34. The number of nitrogens with zero attached hydrogens (tertiary/aromatic N) is 3. The van der Waals surface area contributed by atoms with Crippen LogP contribution in [0.5, 0.6) is 0 Å². The maximum Gasteiger partial charge on any atom is 0.338 e. The summed E-state index contributed by atoms with van der Waals surface area (Å²) in [7, 11) is 0. The van der Waals surface area contributed by atoms with E-state index >= 15 is 4.39 Å². The topological polar surface area (TPSA) is 119 Å². The molecular formula is C33H25F2N3O7. The third-order valence-corrected chi connectivity index (χ3v) is 7.41. The predicted molar refractivity (Wildman–Crippen MR) is 154 cm³/mol. The van der Waals surface area contributed by atoms with E-state index in [4.69, 9.17) is 18.9 Å². The zero-order chi connectivity index (χ0) is 31.6. The van der Waals surface area contributed by atoms with Crippen LogP contribution < -0.4 is 0 Å². The van der Waals surface area contributed by atoms with Gasteiger partial charge in [0.1, 0.15) is 23.7 Å². The number of benzene rings is 3. The second-order valence-corrected chi connectivity index (χ2v) is 10.4. The lowest BCUT2D eigenvalue weighted by Crippen LogP contribution is -2.50. The van der Waals surface area contributed by atoms with Crippen molar-refractivity contribution >= 4 is 28.9 Å². The molecule has 2 aromatic heterocycles. The van der Waals surface area contributed by atoms with Crippen molar-refractivity contribution in [3.63, 3.8) is 0 Å². The highest BCUT2D eigenvalue weighted by molar-refractivity contribution is 5.91. The number of esters is 3. The Morgan fingerprint density at radius 1 is 0.822 bits per heavy atom. The van der Waals surface area contributed by atoms with Gasteiger partial charge in [-0.2, -0.15) is 4.39 Å². The van der Waals surface area contributed by atoms with E-state index < -0.39 is 65.8 Å². The molecule has 228 valence electrons. The van der Waals surface area contributed by atoms with Crippen molar-refractivity contribution < 1.29 is 42.1 Å². The lowest BCUT2D eigenvalue weighted by molar-refractivity contribution is -0.108. The number of aromatic nitrogens is 3. The van der Waals surface area contributed by atoms with Crippen LogP contribution in [0.3, 0.4) is 0 Å². The van der Waals surface area contributed by atoms with Gasteiger partial charge in [0.05, 0.1) is 29.2 Å². The fourth-order valence-electron chi connectivity index (χ4n) is 5.22. The zero-order valence-corrected chi connectivity index (χ0v) is 23.7. The molecule has 0 aliphatic carbocycles. The number of hydrogen-bond donors (Lipinski definition) is 0. The molecule has 6 rings (SSSR count). The molecule has 0 unspecified atom stereocenters. The first-order chi connectivity index (χ1) is 21.8.